The number of ether oxygens (including phenoxy) is 2. The van der Waals surface area contributed by atoms with Crippen LogP contribution in [0.2, 0.25) is 0 Å². The Morgan fingerprint density at radius 2 is 1.97 bits per heavy atom. The maximum atomic E-state index is 12.8. The molecule has 1 fully saturated rings. The number of benzene rings is 2. The van der Waals surface area contributed by atoms with Gasteiger partial charge in [0, 0.05) is 29.8 Å². The second-order valence-electron chi connectivity index (χ2n) is 9.17. The minimum Gasteiger partial charge on any atom is -0.489 e. The third kappa shape index (κ3) is 4.22. The number of aromatic amines is 1. The number of rotatable bonds is 5. The van der Waals surface area contributed by atoms with Crippen LogP contribution in [0.25, 0.3) is 11.0 Å². The normalized spacial score (nSPS) is 17.4. The summed E-state index contributed by atoms with van der Waals surface area (Å²) < 4.78 is 24.5. The van der Waals surface area contributed by atoms with Crippen molar-refractivity contribution in [1.29, 1.82) is 0 Å². The van der Waals surface area contributed by atoms with E-state index >= 15 is 0 Å². The van der Waals surface area contributed by atoms with Gasteiger partial charge in [-0.05, 0) is 43.7 Å². The third-order valence-corrected chi connectivity index (χ3v) is 7.89. The molecule has 0 saturated carbocycles. The fourth-order valence-electron chi connectivity index (χ4n) is 4.64. The van der Waals surface area contributed by atoms with E-state index < -0.39 is 7.14 Å². The molecule has 4 aromatic rings. The van der Waals surface area contributed by atoms with E-state index in [9.17, 15) is 4.57 Å². The highest BCUT2D eigenvalue weighted by molar-refractivity contribution is 7.70. The monoisotopic (exact) mass is 490 g/mol. The number of nitrogens with one attached hydrogen (secondary N) is 3. The number of nitrogens with zero attached hydrogens (tertiary/aromatic N) is 3. The number of aromatic nitrogens is 3. The van der Waals surface area contributed by atoms with Crippen LogP contribution in [0, 0.1) is 0 Å². The molecule has 6 rings (SSSR count). The molecule has 0 spiro atoms. The molecule has 35 heavy (non-hydrogen) atoms. The topological polar surface area (TPSA) is 104 Å². The van der Waals surface area contributed by atoms with Crippen LogP contribution in [0.4, 0.5) is 28.8 Å². The molecule has 1 atom stereocenters. The van der Waals surface area contributed by atoms with E-state index in [2.05, 4.69) is 31.6 Å². The summed E-state index contributed by atoms with van der Waals surface area (Å²) in [7, 11) is -2.48. The van der Waals surface area contributed by atoms with E-state index in [0.29, 0.717) is 30.6 Å². The van der Waals surface area contributed by atoms with E-state index in [1.807, 2.05) is 48.7 Å². The van der Waals surface area contributed by atoms with Crippen LogP contribution in [0.3, 0.4) is 0 Å². The molecule has 2 aromatic carbocycles. The van der Waals surface area contributed by atoms with Gasteiger partial charge < -0.3 is 34.6 Å². The third-order valence-electron chi connectivity index (χ3n) is 6.34. The summed E-state index contributed by atoms with van der Waals surface area (Å²) in [5.74, 6) is 1.91. The molecule has 0 unspecified atom stereocenters. The van der Waals surface area contributed by atoms with Crippen LogP contribution in [-0.2, 0) is 9.30 Å². The van der Waals surface area contributed by atoms with Crippen LogP contribution in [-0.4, -0.2) is 60.7 Å². The Hall–Kier alpha value is -3.55. The summed E-state index contributed by atoms with van der Waals surface area (Å²) in [5.41, 5.74) is 3.39. The van der Waals surface area contributed by atoms with Crippen molar-refractivity contribution < 1.29 is 14.0 Å². The van der Waals surface area contributed by atoms with Gasteiger partial charge in [0.2, 0.25) is 5.95 Å². The molecule has 2 aliphatic rings. The van der Waals surface area contributed by atoms with Gasteiger partial charge in [-0.3, -0.25) is 0 Å². The first-order valence-corrected chi connectivity index (χ1v) is 14.2. The number of H-pyrrole nitrogens is 1. The van der Waals surface area contributed by atoms with E-state index in [-0.39, 0.29) is 6.04 Å². The van der Waals surface area contributed by atoms with Crippen molar-refractivity contribution >= 4 is 52.3 Å². The van der Waals surface area contributed by atoms with Crippen LogP contribution in [0.1, 0.15) is 0 Å². The number of anilines is 5. The minimum atomic E-state index is -2.48. The molecule has 1 saturated heterocycles. The van der Waals surface area contributed by atoms with Crippen molar-refractivity contribution in [3.05, 3.63) is 54.7 Å². The standard InChI is InChI=1S/C25H27N6O3P/c1-35(2,32)22-6-4-3-5-19(22)28-24-18-9-10-26-23(18)29-25(30-24)27-16-7-8-20-21(13-16)34-15-17-14-33-12-11-31(17)20/h3-10,13,17H,11-12,14-15H2,1-2H3,(H3,26,27,28,29,30)/t17-/m0/s1. The van der Waals surface area contributed by atoms with Crippen LogP contribution in [0.15, 0.2) is 54.7 Å². The lowest BCUT2D eigenvalue weighted by molar-refractivity contribution is 0.0705. The number of hydrogen-bond donors (Lipinski definition) is 3. The van der Waals surface area contributed by atoms with Crippen molar-refractivity contribution in [2.45, 2.75) is 6.04 Å². The van der Waals surface area contributed by atoms with Crippen molar-refractivity contribution in [3.8, 4) is 5.75 Å². The highest BCUT2D eigenvalue weighted by Crippen LogP contribution is 2.39. The molecular weight excluding hydrogens is 463 g/mol. The number of hydrogen-bond acceptors (Lipinski definition) is 8. The second kappa shape index (κ2) is 8.59. The van der Waals surface area contributed by atoms with E-state index in [1.165, 1.54) is 0 Å². The highest BCUT2D eigenvalue weighted by atomic mass is 31.2. The van der Waals surface area contributed by atoms with Crippen molar-refractivity contribution in [2.24, 2.45) is 0 Å². The van der Waals surface area contributed by atoms with Crippen LogP contribution < -0.4 is 25.6 Å². The molecule has 0 bridgehead atoms. The van der Waals surface area contributed by atoms with Crippen molar-refractivity contribution in [3.63, 3.8) is 0 Å². The lowest BCUT2D eigenvalue weighted by Gasteiger charge is -2.41. The number of para-hydroxylation sites is 1. The van der Waals surface area contributed by atoms with Crippen LogP contribution >= 0.6 is 7.14 Å². The zero-order valence-electron chi connectivity index (χ0n) is 19.6. The van der Waals surface area contributed by atoms with Gasteiger partial charge in [0.25, 0.3) is 0 Å². The molecule has 4 heterocycles. The molecule has 0 aliphatic carbocycles. The maximum Gasteiger partial charge on any atom is 0.231 e. The summed E-state index contributed by atoms with van der Waals surface area (Å²) in [6, 6.07) is 15.9. The zero-order valence-corrected chi connectivity index (χ0v) is 20.5. The molecule has 10 heteroatoms. The minimum absolute atomic E-state index is 0.256. The summed E-state index contributed by atoms with van der Waals surface area (Å²) in [5, 5.41) is 8.34. The Labute approximate surface area is 203 Å². The first-order chi connectivity index (χ1) is 17.0. The molecule has 0 radical (unpaired) electrons. The zero-order chi connectivity index (χ0) is 24.0. The van der Waals surface area contributed by atoms with Crippen LogP contribution in [0.5, 0.6) is 5.75 Å². The summed E-state index contributed by atoms with van der Waals surface area (Å²) in [4.78, 5) is 14.9. The fraction of sp³-hybridized carbons (Fsp3) is 0.280. The Balaban J connectivity index is 1.32. The Morgan fingerprint density at radius 1 is 1.09 bits per heavy atom. The summed E-state index contributed by atoms with van der Waals surface area (Å²) in [6.07, 6.45) is 1.83. The van der Waals surface area contributed by atoms with Gasteiger partial charge in [0.1, 0.15) is 31.0 Å². The predicted octanol–water partition coefficient (Wildman–Crippen LogP) is 4.29. The molecule has 9 nitrogen and oxygen atoms in total. The van der Waals surface area contributed by atoms with Gasteiger partial charge in [-0.2, -0.15) is 9.97 Å². The first kappa shape index (κ1) is 21.9. The van der Waals surface area contributed by atoms with E-state index in [1.54, 1.807) is 13.3 Å². The predicted molar refractivity (Wildman–Crippen MR) is 140 cm³/mol. The van der Waals surface area contributed by atoms with E-state index in [4.69, 9.17) is 14.5 Å². The van der Waals surface area contributed by atoms with Gasteiger partial charge in [0.15, 0.2) is 0 Å². The molecule has 2 aromatic heterocycles. The lowest BCUT2D eigenvalue weighted by Crippen LogP contribution is -2.51. The second-order valence-corrected chi connectivity index (χ2v) is 12.4. The molecular formula is C25H27N6O3P. The smallest absolute Gasteiger partial charge is 0.231 e. The maximum absolute atomic E-state index is 12.8. The molecule has 180 valence electrons. The molecule has 0 amide bonds. The number of fused-ring (bicyclic) bond motifs is 4. The SMILES string of the molecule is CP(C)(=O)c1ccccc1Nc1nc(Nc2ccc3c(c2)OC[C@@H]2COCCN32)nc2[nH]ccc12. The van der Waals surface area contributed by atoms with Crippen molar-refractivity contribution in [2.75, 3.05) is 55.2 Å². The quantitative estimate of drug-likeness (QED) is 0.356. The largest absolute Gasteiger partial charge is 0.489 e. The Morgan fingerprint density at radius 3 is 2.86 bits per heavy atom. The van der Waals surface area contributed by atoms with Crippen molar-refractivity contribution in [1.82, 2.24) is 15.0 Å². The average molecular weight is 491 g/mol. The number of morpholine rings is 1. The Kier molecular flexibility index (Phi) is 5.39. The van der Waals surface area contributed by atoms with Gasteiger partial charge in [-0.15, -0.1) is 0 Å². The van der Waals surface area contributed by atoms with Gasteiger partial charge in [-0.1, -0.05) is 12.1 Å². The van der Waals surface area contributed by atoms with E-state index in [0.717, 1.165) is 46.7 Å². The fourth-order valence-corrected chi connectivity index (χ4v) is 5.79. The van der Waals surface area contributed by atoms with Gasteiger partial charge in [0.05, 0.1) is 36.0 Å². The lowest BCUT2D eigenvalue weighted by atomic mass is 10.1. The van der Waals surface area contributed by atoms with Gasteiger partial charge >= 0.3 is 0 Å². The average Bonchev–Trinajstić information content (AvgIpc) is 3.32. The molecule has 2 aliphatic heterocycles. The summed E-state index contributed by atoms with van der Waals surface area (Å²) in [6.45, 7) is 6.42. The molecule has 3 N–H and O–H groups in total. The first-order valence-electron chi connectivity index (χ1n) is 11.6. The summed E-state index contributed by atoms with van der Waals surface area (Å²) >= 11 is 0. The Bertz CT molecular complexity index is 1450. The highest BCUT2D eigenvalue weighted by Gasteiger charge is 2.30. The van der Waals surface area contributed by atoms with Gasteiger partial charge in [-0.25, -0.2) is 0 Å².